The van der Waals surface area contributed by atoms with E-state index in [1.807, 2.05) is 0 Å². The molecule has 3 N–H and O–H groups in total. The molecule has 0 aliphatic carbocycles. The quantitative estimate of drug-likeness (QED) is 0.683. The summed E-state index contributed by atoms with van der Waals surface area (Å²) in [5.41, 5.74) is 0. The van der Waals surface area contributed by atoms with E-state index in [1.54, 1.807) is 5.10 Å². The highest BCUT2D eigenvalue weighted by Gasteiger charge is 2.35. The van der Waals surface area contributed by atoms with Gasteiger partial charge in [-0.3, -0.25) is 5.10 Å². The molecule has 8 heteroatoms. The molecule has 1 heterocycles. The molecule has 0 amide bonds. The minimum absolute atomic E-state index is 0. The van der Waals surface area contributed by atoms with E-state index >= 15 is 0 Å². The zero-order valence-corrected chi connectivity index (χ0v) is 6.11. The van der Waals surface area contributed by atoms with Crippen molar-refractivity contribution in [3.63, 3.8) is 0 Å². The maximum absolute atomic E-state index is 12.1. The Morgan fingerprint density at radius 1 is 1.38 bits per heavy atom. The molecule has 0 spiro atoms. The van der Waals surface area contributed by atoms with Crippen LogP contribution in [0.3, 0.4) is 0 Å². The highest BCUT2D eigenvalue weighted by Crippen LogP contribution is 2.26. The van der Waals surface area contributed by atoms with Crippen molar-refractivity contribution in [3.05, 3.63) is 18.2 Å². The summed E-state index contributed by atoms with van der Waals surface area (Å²) in [6, 6.07) is 0. The lowest BCUT2D eigenvalue weighted by Crippen LogP contribution is -2.07. The van der Waals surface area contributed by atoms with Crippen LogP contribution in [0, 0.1) is 0 Å². The number of nitrogens with one attached hydrogen (secondary N) is 1. The van der Waals surface area contributed by atoms with E-state index in [2.05, 4.69) is 16.7 Å². The lowest BCUT2D eigenvalue weighted by molar-refractivity contribution is -0.144. The number of nitrogens with zero attached hydrogens (tertiary/aromatic N) is 2. The van der Waals surface area contributed by atoms with Gasteiger partial charge in [0.25, 0.3) is 0 Å². The molecule has 0 aliphatic rings. The third-order valence-corrected chi connectivity index (χ3v) is 0.997. The number of hydrogen-bond acceptors (Lipinski definition) is 2. The van der Waals surface area contributed by atoms with Crippen LogP contribution < -0.4 is 0 Å². The first-order chi connectivity index (χ1) is 5.41. The normalized spacial score (nSPS) is 10.8. The number of rotatable bonds is 1. The topological polar surface area (TPSA) is 73.1 Å². The number of alkyl halides is 3. The van der Waals surface area contributed by atoms with E-state index in [0.717, 1.165) is 0 Å². The van der Waals surface area contributed by atoms with Gasteiger partial charge in [-0.2, -0.15) is 18.3 Å². The van der Waals surface area contributed by atoms with Crippen molar-refractivity contribution < 1.29 is 23.0 Å². The number of aromatic nitrogens is 3. The molecule has 0 aromatic carbocycles. The second-order valence-corrected chi connectivity index (χ2v) is 1.91. The predicted octanol–water partition coefficient (Wildman–Crippen LogP) is 0.939. The van der Waals surface area contributed by atoms with E-state index in [-0.39, 0.29) is 5.48 Å². The Bertz CT molecular complexity index is 305. The fourth-order valence-electron chi connectivity index (χ4n) is 0.510. The van der Waals surface area contributed by atoms with Crippen LogP contribution in [0.5, 0.6) is 0 Å². The maximum atomic E-state index is 12.1. The van der Waals surface area contributed by atoms with Gasteiger partial charge < -0.3 is 5.48 Å². The monoisotopic (exact) mass is 199 g/mol. The van der Waals surface area contributed by atoms with Crippen molar-refractivity contribution in [1.29, 1.82) is 0 Å². The van der Waals surface area contributed by atoms with Crippen LogP contribution in [0.4, 0.5) is 17.6 Å². The van der Waals surface area contributed by atoms with Crippen molar-refractivity contribution in [2.75, 3.05) is 0 Å². The number of hydrogen-bond donors (Lipinski definition) is 1. The Morgan fingerprint density at radius 2 is 1.92 bits per heavy atom. The minimum atomic E-state index is -4.64. The van der Waals surface area contributed by atoms with E-state index < -0.39 is 23.7 Å². The molecule has 74 valence electrons. The smallest absolute Gasteiger partial charge is 0.412 e. The van der Waals surface area contributed by atoms with Crippen molar-refractivity contribution in [1.82, 2.24) is 15.2 Å². The van der Waals surface area contributed by atoms with E-state index in [1.165, 1.54) is 0 Å². The summed E-state index contributed by atoms with van der Waals surface area (Å²) in [7, 11) is 0. The molecule has 1 rings (SSSR count). The third kappa shape index (κ3) is 2.51. The van der Waals surface area contributed by atoms with Gasteiger partial charge in [0, 0.05) is 0 Å². The Kier molecular flexibility index (Phi) is 3.13. The van der Waals surface area contributed by atoms with Gasteiger partial charge in [0.15, 0.2) is 5.83 Å². The lowest BCUT2D eigenvalue weighted by atomic mass is 10.5. The Morgan fingerprint density at radius 3 is 2.15 bits per heavy atom. The van der Waals surface area contributed by atoms with E-state index in [4.69, 9.17) is 0 Å². The van der Waals surface area contributed by atoms with Crippen LogP contribution in [0.15, 0.2) is 6.58 Å². The molecule has 1 aromatic heterocycles. The zero-order valence-electron chi connectivity index (χ0n) is 6.11. The standard InChI is InChI=1S/C5H3F4N3.H2O/c1-2(6)3-10-4(12-11-3)5(7,8)9;/h1H2,(H,10,11,12);1H2. The fourth-order valence-corrected chi connectivity index (χ4v) is 0.510. The van der Waals surface area contributed by atoms with E-state index in [9.17, 15) is 17.6 Å². The van der Waals surface area contributed by atoms with Gasteiger partial charge in [-0.05, 0) is 0 Å². The molecule has 0 aliphatic heterocycles. The molecule has 4 nitrogen and oxygen atoms in total. The average molecular weight is 199 g/mol. The third-order valence-electron chi connectivity index (χ3n) is 0.997. The first-order valence-electron chi connectivity index (χ1n) is 2.75. The van der Waals surface area contributed by atoms with Crippen LogP contribution >= 0.6 is 0 Å². The van der Waals surface area contributed by atoms with Crippen molar-refractivity contribution in [3.8, 4) is 0 Å². The summed E-state index contributed by atoms with van der Waals surface area (Å²) in [5, 5.41) is 4.49. The molecule has 0 saturated heterocycles. The van der Waals surface area contributed by atoms with E-state index in [0.29, 0.717) is 0 Å². The van der Waals surface area contributed by atoms with Gasteiger partial charge >= 0.3 is 6.18 Å². The van der Waals surface area contributed by atoms with Crippen LogP contribution in [-0.2, 0) is 6.18 Å². The molecular weight excluding hydrogens is 194 g/mol. The number of halogens is 4. The SMILES string of the molecule is C=C(F)c1n[nH]c(C(F)(F)F)n1.O. The Balaban J connectivity index is 0.00000144. The van der Waals surface area contributed by atoms with Crippen molar-refractivity contribution >= 4 is 5.83 Å². The average Bonchev–Trinajstić information content (AvgIpc) is 2.30. The molecule has 1 aromatic rings. The van der Waals surface area contributed by atoms with Crippen LogP contribution in [0.2, 0.25) is 0 Å². The summed E-state index contributed by atoms with van der Waals surface area (Å²) in [4.78, 5) is 2.81. The predicted molar refractivity (Wildman–Crippen MR) is 35.1 cm³/mol. The Labute approximate surface area is 69.6 Å². The highest BCUT2D eigenvalue weighted by molar-refractivity contribution is 5.47. The van der Waals surface area contributed by atoms with Crippen molar-refractivity contribution in [2.45, 2.75) is 6.18 Å². The van der Waals surface area contributed by atoms with Gasteiger partial charge in [0.1, 0.15) is 0 Å². The summed E-state index contributed by atoms with van der Waals surface area (Å²) in [6.45, 7) is 2.74. The highest BCUT2D eigenvalue weighted by atomic mass is 19.4. The van der Waals surface area contributed by atoms with Crippen LogP contribution in [0.1, 0.15) is 11.6 Å². The molecule has 0 atom stereocenters. The minimum Gasteiger partial charge on any atom is -0.412 e. The number of H-pyrrole nitrogens is 1. The van der Waals surface area contributed by atoms with Gasteiger partial charge in [0.2, 0.25) is 11.6 Å². The van der Waals surface area contributed by atoms with Gasteiger partial charge in [-0.15, -0.1) is 0 Å². The van der Waals surface area contributed by atoms with Crippen LogP contribution in [0.25, 0.3) is 5.83 Å². The number of aromatic amines is 1. The molecule has 0 radical (unpaired) electrons. The molecule has 0 unspecified atom stereocenters. The van der Waals surface area contributed by atoms with Crippen molar-refractivity contribution in [2.24, 2.45) is 0 Å². The zero-order chi connectivity index (χ0) is 9.35. The first kappa shape index (κ1) is 11.6. The maximum Gasteiger partial charge on any atom is 0.451 e. The molecule has 0 bridgehead atoms. The second kappa shape index (κ2) is 3.52. The summed E-state index contributed by atoms with van der Waals surface area (Å²) < 4.78 is 47.5. The fraction of sp³-hybridized carbons (Fsp3) is 0.200. The largest absolute Gasteiger partial charge is 0.451 e. The van der Waals surface area contributed by atoms with Gasteiger partial charge in [-0.1, -0.05) is 6.58 Å². The summed E-state index contributed by atoms with van der Waals surface area (Å²) >= 11 is 0. The summed E-state index contributed by atoms with van der Waals surface area (Å²) in [5.74, 6) is -3.12. The van der Waals surface area contributed by atoms with Gasteiger partial charge in [-0.25, -0.2) is 9.37 Å². The molecule has 0 saturated carbocycles. The Hall–Kier alpha value is -1.44. The van der Waals surface area contributed by atoms with Crippen LogP contribution in [-0.4, -0.2) is 20.7 Å². The van der Waals surface area contributed by atoms with Gasteiger partial charge in [0.05, 0.1) is 0 Å². The first-order valence-corrected chi connectivity index (χ1v) is 2.75. The lowest BCUT2D eigenvalue weighted by Gasteiger charge is -1.97. The molecular formula is C5H5F4N3O. The molecule has 0 fully saturated rings. The summed E-state index contributed by atoms with van der Waals surface area (Å²) in [6.07, 6.45) is -4.64. The second-order valence-electron chi connectivity index (χ2n) is 1.91. The molecule has 13 heavy (non-hydrogen) atoms.